The van der Waals surface area contributed by atoms with Gasteiger partial charge in [-0.2, -0.15) is 0 Å². The zero-order chi connectivity index (χ0) is 9.84. The average molecular weight is 174 g/mol. The van der Waals surface area contributed by atoms with E-state index < -0.39 is 0 Å². The Balaban J connectivity index is 3.65. The molecule has 0 spiro atoms. The molecule has 0 fully saturated rings. The van der Waals surface area contributed by atoms with Crippen molar-refractivity contribution in [2.24, 2.45) is 7.05 Å². The second-order valence-corrected chi connectivity index (χ2v) is 3.38. The number of nitrogens with zero attached hydrogens (tertiary/aromatic N) is 1. The quantitative estimate of drug-likeness (QED) is 0.551. The second-order valence-electron chi connectivity index (χ2n) is 3.38. The summed E-state index contributed by atoms with van der Waals surface area (Å²) in [7, 11) is 2.02. The third kappa shape index (κ3) is 2.28. The van der Waals surface area contributed by atoms with Gasteiger partial charge in [-0.1, -0.05) is 18.2 Å². The first-order chi connectivity index (χ1) is 6.15. The lowest BCUT2D eigenvalue weighted by Gasteiger charge is -1.92. The Kier molecular flexibility index (Phi) is 3.02. The summed E-state index contributed by atoms with van der Waals surface area (Å²) >= 11 is 0. The molecule has 0 radical (unpaired) electrons. The van der Waals surface area contributed by atoms with Crippen LogP contribution in [-0.2, 0) is 7.05 Å². The van der Waals surface area contributed by atoms with E-state index in [4.69, 9.17) is 0 Å². The van der Waals surface area contributed by atoms with Crippen LogP contribution in [0.3, 0.4) is 0 Å². The van der Waals surface area contributed by atoms with Crippen LogP contribution >= 0.6 is 0 Å². The zero-order valence-corrected chi connectivity index (χ0v) is 8.54. The molecule has 0 saturated heterocycles. The number of allylic oxidation sites excluding steroid dienone is 1. The lowest BCUT2D eigenvalue weighted by Crippen LogP contribution is -2.39. The number of rotatable bonds is 1. The van der Waals surface area contributed by atoms with Gasteiger partial charge in [-0.05, 0) is 25.1 Å². The van der Waals surface area contributed by atoms with Crippen molar-refractivity contribution in [1.29, 1.82) is 0 Å². The molecule has 0 aliphatic carbocycles. The molecule has 1 aromatic rings. The van der Waals surface area contributed by atoms with Crippen LogP contribution in [0.5, 0.6) is 0 Å². The first kappa shape index (κ1) is 9.72. The van der Waals surface area contributed by atoms with Crippen LogP contribution in [0.4, 0.5) is 0 Å². The van der Waals surface area contributed by atoms with Gasteiger partial charge in [-0.25, -0.2) is 4.57 Å². The van der Waals surface area contributed by atoms with Gasteiger partial charge in [-0.3, -0.25) is 0 Å². The van der Waals surface area contributed by atoms with Crippen molar-refractivity contribution in [3.63, 3.8) is 0 Å². The molecule has 1 heterocycles. The van der Waals surface area contributed by atoms with E-state index in [1.165, 1.54) is 16.0 Å². The summed E-state index contributed by atoms with van der Waals surface area (Å²) in [5.41, 5.74) is 1.33. The third-order valence-corrected chi connectivity index (χ3v) is 1.97. The predicted octanol–water partition coefficient (Wildman–Crippen LogP) is 0.668. The summed E-state index contributed by atoms with van der Waals surface area (Å²) < 4.78 is 2.04. The summed E-state index contributed by atoms with van der Waals surface area (Å²) in [6, 6.07) is 2.13. The SMILES string of the molecule is C=C/C=c1/c[n+](C)ccc1=C(C)C. The van der Waals surface area contributed by atoms with Crippen molar-refractivity contribution in [3.05, 3.63) is 41.6 Å². The Morgan fingerprint density at radius 2 is 2.15 bits per heavy atom. The minimum atomic E-state index is 1.22. The van der Waals surface area contributed by atoms with Gasteiger partial charge in [0.05, 0.1) is 0 Å². The molecular formula is C12H16N+. The average Bonchev–Trinajstić information content (AvgIpc) is 2.04. The van der Waals surface area contributed by atoms with E-state index in [9.17, 15) is 0 Å². The monoisotopic (exact) mass is 174 g/mol. The molecule has 1 aromatic heterocycles. The van der Waals surface area contributed by atoms with Gasteiger partial charge in [0.1, 0.15) is 7.05 Å². The Morgan fingerprint density at radius 1 is 1.46 bits per heavy atom. The van der Waals surface area contributed by atoms with E-state index in [0.717, 1.165) is 0 Å². The molecule has 0 aromatic carbocycles. The molecule has 1 heteroatoms. The number of hydrogen-bond donors (Lipinski definition) is 0. The molecule has 0 aliphatic heterocycles. The summed E-state index contributed by atoms with van der Waals surface area (Å²) in [4.78, 5) is 0. The maximum Gasteiger partial charge on any atom is 0.176 e. The molecule has 1 rings (SSSR count). The van der Waals surface area contributed by atoms with Gasteiger partial charge in [0.2, 0.25) is 0 Å². The summed E-state index contributed by atoms with van der Waals surface area (Å²) in [6.45, 7) is 7.95. The minimum Gasteiger partial charge on any atom is -0.207 e. The lowest BCUT2D eigenvalue weighted by atomic mass is 10.2. The van der Waals surface area contributed by atoms with Crippen molar-refractivity contribution in [1.82, 2.24) is 0 Å². The van der Waals surface area contributed by atoms with Crippen LogP contribution in [0.1, 0.15) is 13.8 Å². The normalized spacial score (nSPS) is 11.5. The number of pyridine rings is 1. The largest absolute Gasteiger partial charge is 0.207 e. The maximum absolute atomic E-state index is 3.71. The van der Waals surface area contributed by atoms with Crippen LogP contribution in [0.15, 0.2) is 31.1 Å². The van der Waals surface area contributed by atoms with E-state index in [-0.39, 0.29) is 0 Å². The van der Waals surface area contributed by atoms with E-state index in [0.29, 0.717) is 0 Å². The third-order valence-electron chi connectivity index (χ3n) is 1.97. The van der Waals surface area contributed by atoms with Crippen LogP contribution in [0.25, 0.3) is 11.6 Å². The molecule has 0 unspecified atom stereocenters. The molecule has 0 atom stereocenters. The standard InChI is InChI=1S/C12H16N/c1-5-6-11-9-13(4)8-7-12(11)10(2)3/h5-9H,1H2,2-4H3/q+1/b11-6-. The van der Waals surface area contributed by atoms with Crippen LogP contribution in [0, 0.1) is 0 Å². The van der Waals surface area contributed by atoms with Crippen molar-refractivity contribution in [2.45, 2.75) is 13.8 Å². The highest BCUT2D eigenvalue weighted by Gasteiger charge is 1.93. The van der Waals surface area contributed by atoms with Gasteiger partial charge in [0.25, 0.3) is 0 Å². The number of aryl methyl sites for hydroxylation is 1. The van der Waals surface area contributed by atoms with Crippen molar-refractivity contribution in [3.8, 4) is 0 Å². The molecule has 0 N–H and O–H groups in total. The van der Waals surface area contributed by atoms with Crippen molar-refractivity contribution < 1.29 is 4.57 Å². The first-order valence-electron chi connectivity index (χ1n) is 4.40. The maximum atomic E-state index is 3.71. The van der Waals surface area contributed by atoms with Crippen molar-refractivity contribution in [2.75, 3.05) is 0 Å². The smallest absolute Gasteiger partial charge is 0.176 e. The molecule has 68 valence electrons. The summed E-state index contributed by atoms with van der Waals surface area (Å²) in [5, 5.41) is 2.51. The molecular weight excluding hydrogens is 158 g/mol. The van der Waals surface area contributed by atoms with Gasteiger partial charge in [0, 0.05) is 11.3 Å². The van der Waals surface area contributed by atoms with Gasteiger partial charge < -0.3 is 0 Å². The minimum absolute atomic E-state index is 1.22. The summed E-state index contributed by atoms with van der Waals surface area (Å²) in [6.07, 6.45) is 8.01. The number of hydrogen-bond acceptors (Lipinski definition) is 0. The van der Waals surface area contributed by atoms with Crippen LogP contribution in [-0.4, -0.2) is 0 Å². The van der Waals surface area contributed by atoms with Crippen molar-refractivity contribution >= 4 is 11.6 Å². The van der Waals surface area contributed by atoms with E-state index in [1.807, 2.05) is 23.8 Å². The van der Waals surface area contributed by atoms with Gasteiger partial charge >= 0.3 is 0 Å². The van der Waals surface area contributed by atoms with E-state index in [1.54, 1.807) is 0 Å². The molecule has 0 aliphatic rings. The predicted molar refractivity (Wildman–Crippen MR) is 56.3 cm³/mol. The van der Waals surface area contributed by atoms with Gasteiger partial charge in [-0.15, -0.1) is 0 Å². The fourth-order valence-electron chi connectivity index (χ4n) is 1.34. The summed E-state index contributed by atoms with van der Waals surface area (Å²) in [5.74, 6) is 0. The molecule has 13 heavy (non-hydrogen) atoms. The Bertz CT molecular complexity index is 423. The number of aromatic nitrogens is 1. The fraction of sp³-hybridized carbons (Fsp3) is 0.250. The highest BCUT2D eigenvalue weighted by molar-refractivity contribution is 5.42. The second kappa shape index (κ2) is 4.04. The fourth-order valence-corrected chi connectivity index (χ4v) is 1.34. The van der Waals surface area contributed by atoms with Gasteiger partial charge in [0.15, 0.2) is 12.4 Å². The highest BCUT2D eigenvalue weighted by Crippen LogP contribution is 1.81. The lowest BCUT2D eigenvalue weighted by molar-refractivity contribution is -0.672. The zero-order valence-electron chi connectivity index (χ0n) is 8.54. The first-order valence-corrected chi connectivity index (χ1v) is 4.40. The Hall–Kier alpha value is -1.37. The topological polar surface area (TPSA) is 3.88 Å². The van der Waals surface area contributed by atoms with E-state index in [2.05, 4.69) is 38.9 Å². The molecule has 0 saturated carbocycles. The highest BCUT2D eigenvalue weighted by atomic mass is 14.9. The van der Waals surface area contributed by atoms with Crippen LogP contribution in [0.2, 0.25) is 0 Å². The molecule has 0 amide bonds. The van der Waals surface area contributed by atoms with Crippen LogP contribution < -0.4 is 15.0 Å². The Labute approximate surface area is 79.3 Å². The van der Waals surface area contributed by atoms with E-state index >= 15 is 0 Å². The Morgan fingerprint density at radius 3 is 2.69 bits per heavy atom. The molecule has 0 bridgehead atoms. The molecule has 1 nitrogen and oxygen atoms in total.